The van der Waals surface area contributed by atoms with E-state index in [9.17, 15) is 0 Å². The third kappa shape index (κ3) is 4.25. The molecule has 0 spiro atoms. The highest BCUT2D eigenvalue weighted by Crippen LogP contribution is 2.32. The van der Waals surface area contributed by atoms with Crippen molar-refractivity contribution in [2.75, 3.05) is 6.61 Å². The molecule has 6 heteroatoms. The van der Waals surface area contributed by atoms with Crippen molar-refractivity contribution in [1.29, 1.82) is 5.26 Å². The number of unbranched alkanes of at least 4 members (excludes halogenated alkanes) is 1. The van der Waals surface area contributed by atoms with Crippen LogP contribution < -0.4 is 4.74 Å². The minimum Gasteiger partial charge on any atom is -0.494 e. The Morgan fingerprint density at radius 2 is 1.84 bits per heavy atom. The number of thiazole rings is 1. The van der Waals surface area contributed by atoms with Gasteiger partial charge in [0.1, 0.15) is 16.6 Å². The topological polar surface area (TPSA) is 74.6 Å². The number of hydrogen-bond acceptors (Lipinski definition) is 5. The Bertz CT molecular complexity index is 1320. The number of ether oxygens (including phenoxy) is 1. The van der Waals surface area contributed by atoms with Gasteiger partial charge in [-0.05, 0) is 54.5 Å². The number of H-pyrrole nitrogens is 1. The summed E-state index contributed by atoms with van der Waals surface area (Å²) in [6.07, 6.45) is 3.30. The Morgan fingerprint density at radius 1 is 1.00 bits per heavy atom. The van der Waals surface area contributed by atoms with Crippen molar-refractivity contribution in [3.63, 3.8) is 0 Å². The normalized spacial score (nSPS) is 11.7. The monoisotopic (exact) mass is 436 g/mol. The third-order valence-corrected chi connectivity index (χ3v) is 6.11. The molecule has 0 aliphatic carbocycles. The molecule has 0 aliphatic rings. The van der Waals surface area contributed by atoms with E-state index in [1.54, 1.807) is 11.3 Å². The fraction of sp³-hybridized carbons (Fsp3) is 0.115. The van der Waals surface area contributed by atoms with Crippen molar-refractivity contribution >= 4 is 44.2 Å². The Morgan fingerprint density at radius 3 is 2.69 bits per heavy atom. The Kier molecular flexibility index (Phi) is 5.65. The smallest absolute Gasteiger partial charge is 0.141 e. The van der Waals surface area contributed by atoms with E-state index >= 15 is 0 Å². The highest BCUT2D eigenvalue weighted by molar-refractivity contribution is 7.19. The average Bonchev–Trinajstić information content (AvgIpc) is 3.44. The van der Waals surface area contributed by atoms with E-state index in [4.69, 9.17) is 20.0 Å². The summed E-state index contributed by atoms with van der Waals surface area (Å²) in [5.74, 6) is 1.57. The second kappa shape index (κ2) is 9.04. The lowest BCUT2D eigenvalue weighted by atomic mass is 10.1. The fourth-order valence-corrected chi connectivity index (χ4v) is 4.48. The molecule has 0 saturated heterocycles. The number of para-hydroxylation sites is 3. The van der Waals surface area contributed by atoms with Gasteiger partial charge in [-0.1, -0.05) is 36.4 Å². The first-order valence-electron chi connectivity index (χ1n) is 10.4. The molecule has 5 nitrogen and oxygen atoms in total. The SMILES string of the molecule is N#CCCCOc1cccc(/C=C(/c2nc3ccccc3[nH]2)c2nc3ccccc3s2)c1. The number of rotatable bonds is 7. The zero-order valence-corrected chi connectivity index (χ0v) is 18.1. The first kappa shape index (κ1) is 20.0. The highest BCUT2D eigenvalue weighted by atomic mass is 32.1. The quantitative estimate of drug-likeness (QED) is 0.298. The van der Waals surface area contributed by atoms with Crippen LogP contribution in [-0.4, -0.2) is 21.6 Å². The number of nitrogens with zero attached hydrogens (tertiary/aromatic N) is 3. The lowest BCUT2D eigenvalue weighted by Gasteiger charge is -2.06. The first-order chi connectivity index (χ1) is 15.8. The standard InChI is InChI=1S/C26H20N4OS/c27-14-5-6-15-31-19-9-7-8-18(16-19)17-20(25-28-21-10-1-2-11-22(21)29-25)26-30-23-12-3-4-13-24(23)32-26/h1-4,7-13,16-17H,5-6,15H2,(H,28,29)/b20-17-. The van der Waals surface area contributed by atoms with Gasteiger partial charge in [-0.15, -0.1) is 11.3 Å². The summed E-state index contributed by atoms with van der Waals surface area (Å²) in [4.78, 5) is 13.2. The van der Waals surface area contributed by atoms with Crippen LogP contribution in [0.5, 0.6) is 5.75 Å². The molecule has 156 valence electrons. The number of benzene rings is 3. The summed E-state index contributed by atoms with van der Waals surface area (Å²) < 4.78 is 6.96. The van der Waals surface area contributed by atoms with Crippen molar-refractivity contribution in [3.05, 3.63) is 89.2 Å². The Balaban J connectivity index is 1.57. The molecule has 0 unspecified atom stereocenters. The van der Waals surface area contributed by atoms with Crippen LogP contribution in [0, 0.1) is 11.3 Å². The van der Waals surface area contributed by atoms with E-state index < -0.39 is 0 Å². The lowest BCUT2D eigenvalue weighted by Crippen LogP contribution is -1.97. The molecule has 5 aromatic rings. The van der Waals surface area contributed by atoms with E-state index in [0.29, 0.717) is 19.4 Å². The van der Waals surface area contributed by atoms with Crippen LogP contribution in [0.25, 0.3) is 32.9 Å². The minimum atomic E-state index is 0.493. The molecule has 2 aromatic heterocycles. The van der Waals surface area contributed by atoms with E-state index in [2.05, 4.69) is 23.2 Å². The lowest BCUT2D eigenvalue weighted by molar-refractivity contribution is 0.312. The van der Waals surface area contributed by atoms with Crippen LogP contribution >= 0.6 is 11.3 Å². The molecule has 0 fully saturated rings. The Hall–Kier alpha value is -3.95. The summed E-state index contributed by atoms with van der Waals surface area (Å²) in [5.41, 5.74) is 4.82. The van der Waals surface area contributed by atoms with Gasteiger partial charge in [0.25, 0.3) is 0 Å². The average molecular weight is 437 g/mol. The molecule has 0 aliphatic heterocycles. The highest BCUT2D eigenvalue weighted by Gasteiger charge is 2.15. The maximum Gasteiger partial charge on any atom is 0.141 e. The van der Waals surface area contributed by atoms with Gasteiger partial charge in [-0.25, -0.2) is 9.97 Å². The molecule has 0 amide bonds. The third-order valence-electron chi connectivity index (χ3n) is 5.04. The predicted molar refractivity (Wildman–Crippen MR) is 129 cm³/mol. The van der Waals surface area contributed by atoms with Crippen LogP contribution in [-0.2, 0) is 0 Å². The second-order valence-electron chi connectivity index (χ2n) is 7.33. The molecular formula is C26H20N4OS. The minimum absolute atomic E-state index is 0.493. The number of aromatic amines is 1. The molecule has 0 atom stereocenters. The number of imidazole rings is 1. The zero-order chi connectivity index (χ0) is 21.8. The van der Waals surface area contributed by atoms with Crippen LogP contribution in [0.4, 0.5) is 0 Å². The van der Waals surface area contributed by atoms with Gasteiger partial charge in [-0.2, -0.15) is 5.26 Å². The Labute approximate surface area is 189 Å². The van der Waals surface area contributed by atoms with E-state index in [0.717, 1.165) is 49.0 Å². The molecule has 0 bridgehead atoms. The number of nitriles is 1. The van der Waals surface area contributed by atoms with Crippen molar-refractivity contribution in [3.8, 4) is 11.8 Å². The maximum absolute atomic E-state index is 8.70. The van der Waals surface area contributed by atoms with Gasteiger partial charge in [0, 0.05) is 6.42 Å². The molecule has 2 heterocycles. The maximum atomic E-state index is 8.70. The van der Waals surface area contributed by atoms with E-state index in [1.807, 2.05) is 66.7 Å². The number of aromatic nitrogens is 3. The van der Waals surface area contributed by atoms with Crippen LogP contribution in [0.2, 0.25) is 0 Å². The van der Waals surface area contributed by atoms with Crippen molar-refractivity contribution in [2.24, 2.45) is 0 Å². The summed E-state index contributed by atoms with van der Waals surface area (Å²) in [6, 6.07) is 26.3. The molecule has 0 radical (unpaired) electrons. The summed E-state index contributed by atoms with van der Waals surface area (Å²) in [7, 11) is 0. The molecule has 1 N–H and O–H groups in total. The van der Waals surface area contributed by atoms with Crippen LogP contribution in [0.1, 0.15) is 29.2 Å². The predicted octanol–water partition coefficient (Wildman–Crippen LogP) is 6.44. The zero-order valence-electron chi connectivity index (χ0n) is 17.3. The number of fused-ring (bicyclic) bond motifs is 2. The van der Waals surface area contributed by atoms with Gasteiger partial charge >= 0.3 is 0 Å². The van der Waals surface area contributed by atoms with Gasteiger partial charge < -0.3 is 9.72 Å². The van der Waals surface area contributed by atoms with Gasteiger partial charge in [0.15, 0.2) is 0 Å². The van der Waals surface area contributed by atoms with Crippen LogP contribution in [0.15, 0.2) is 72.8 Å². The van der Waals surface area contributed by atoms with Gasteiger partial charge in [0.05, 0.1) is 39.5 Å². The largest absolute Gasteiger partial charge is 0.494 e. The second-order valence-corrected chi connectivity index (χ2v) is 8.36. The van der Waals surface area contributed by atoms with Crippen molar-refractivity contribution in [2.45, 2.75) is 12.8 Å². The summed E-state index contributed by atoms with van der Waals surface area (Å²) in [6.45, 7) is 0.523. The fourth-order valence-electron chi connectivity index (χ4n) is 3.50. The van der Waals surface area contributed by atoms with Crippen LogP contribution in [0.3, 0.4) is 0 Å². The first-order valence-corrected chi connectivity index (χ1v) is 11.2. The van der Waals surface area contributed by atoms with E-state index in [1.165, 1.54) is 0 Å². The molecule has 32 heavy (non-hydrogen) atoms. The molecule has 3 aromatic carbocycles. The molecule has 0 saturated carbocycles. The molecule has 5 rings (SSSR count). The van der Waals surface area contributed by atoms with Crippen molar-refractivity contribution < 1.29 is 4.74 Å². The summed E-state index contributed by atoms with van der Waals surface area (Å²) >= 11 is 1.65. The van der Waals surface area contributed by atoms with E-state index in [-0.39, 0.29) is 0 Å². The van der Waals surface area contributed by atoms with Crippen molar-refractivity contribution in [1.82, 2.24) is 15.0 Å². The van der Waals surface area contributed by atoms with Gasteiger partial charge in [-0.3, -0.25) is 0 Å². The van der Waals surface area contributed by atoms with Gasteiger partial charge in [0.2, 0.25) is 0 Å². The number of nitrogens with one attached hydrogen (secondary N) is 1. The molecular weight excluding hydrogens is 416 g/mol. The number of hydrogen-bond donors (Lipinski definition) is 1. The summed E-state index contributed by atoms with van der Waals surface area (Å²) in [5, 5.41) is 9.61.